The Morgan fingerprint density at radius 3 is 2.41 bits per heavy atom. The van der Waals surface area contributed by atoms with E-state index in [0.717, 1.165) is 0 Å². The number of nitro benzene ring substituents is 1. The second-order valence-electron chi connectivity index (χ2n) is 6.95. The molecule has 0 fully saturated rings. The van der Waals surface area contributed by atoms with Gasteiger partial charge in [-0.25, -0.2) is 4.79 Å². The van der Waals surface area contributed by atoms with Crippen molar-refractivity contribution in [3.05, 3.63) is 69.8 Å². The van der Waals surface area contributed by atoms with Gasteiger partial charge in [0.05, 0.1) is 4.92 Å². The molecule has 2 amide bonds. The standard InChI is InChI=1S/C19H21N3O5/c1-19(2,3)21(18(24)25)15-8-4-6-13(10-15)12-20-17(23)14-7-5-9-16(11-14)22(26)27/h4-11H,12H2,1-3H3,(H,20,23)(H,24,25). The van der Waals surface area contributed by atoms with Crippen LogP contribution in [-0.2, 0) is 6.54 Å². The molecule has 2 rings (SSSR count). The molecule has 0 bridgehead atoms. The van der Waals surface area contributed by atoms with Gasteiger partial charge >= 0.3 is 6.09 Å². The van der Waals surface area contributed by atoms with Crippen LogP contribution in [0.2, 0.25) is 0 Å². The topological polar surface area (TPSA) is 113 Å². The summed E-state index contributed by atoms with van der Waals surface area (Å²) in [5, 5.41) is 23.0. The molecule has 0 aliphatic heterocycles. The molecular formula is C19H21N3O5. The van der Waals surface area contributed by atoms with Gasteiger partial charge in [0.1, 0.15) is 0 Å². The van der Waals surface area contributed by atoms with E-state index in [1.807, 2.05) is 0 Å². The summed E-state index contributed by atoms with van der Waals surface area (Å²) >= 11 is 0. The fourth-order valence-corrected chi connectivity index (χ4v) is 2.64. The Morgan fingerprint density at radius 1 is 1.15 bits per heavy atom. The molecule has 0 aromatic heterocycles. The zero-order valence-electron chi connectivity index (χ0n) is 15.3. The maximum Gasteiger partial charge on any atom is 0.412 e. The number of rotatable bonds is 5. The van der Waals surface area contributed by atoms with Gasteiger partial charge in [-0.15, -0.1) is 0 Å². The van der Waals surface area contributed by atoms with Gasteiger partial charge < -0.3 is 10.4 Å². The Balaban J connectivity index is 2.15. The lowest BCUT2D eigenvalue weighted by Gasteiger charge is -2.33. The van der Waals surface area contributed by atoms with Crippen LogP contribution >= 0.6 is 0 Å². The predicted molar refractivity (Wildman–Crippen MR) is 101 cm³/mol. The second-order valence-corrected chi connectivity index (χ2v) is 6.95. The van der Waals surface area contributed by atoms with Gasteiger partial charge in [-0.1, -0.05) is 18.2 Å². The van der Waals surface area contributed by atoms with E-state index in [9.17, 15) is 24.8 Å². The maximum atomic E-state index is 12.2. The van der Waals surface area contributed by atoms with Crippen molar-refractivity contribution in [1.82, 2.24) is 5.32 Å². The fraction of sp³-hybridized carbons (Fsp3) is 0.263. The largest absolute Gasteiger partial charge is 0.465 e. The molecule has 2 aromatic carbocycles. The van der Waals surface area contributed by atoms with Crippen molar-refractivity contribution in [3.8, 4) is 0 Å². The number of benzene rings is 2. The average Bonchev–Trinajstić information content (AvgIpc) is 2.58. The highest BCUT2D eigenvalue weighted by atomic mass is 16.6. The predicted octanol–water partition coefficient (Wildman–Crippen LogP) is 3.81. The lowest BCUT2D eigenvalue weighted by Crippen LogP contribution is -2.45. The van der Waals surface area contributed by atoms with Gasteiger partial charge in [-0.3, -0.25) is 19.8 Å². The van der Waals surface area contributed by atoms with E-state index >= 15 is 0 Å². The fourth-order valence-electron chi connectivity index (χ4n) is 2.64. The third kappa shape index (κ3) is 5.04. The molecule has 8 heteroatoms. The molecule has 8 nitrogen and oxygen atoms in total. The lowest BCUT2D eigenvalue weighted by molar-refractivity contribution is -0.384. The van der Waals surface area contributed by atoms with Gasteiger partial charge in [0.15, 0.2) is 0 Å². The third-order valence-corrected chi connectivity index (χ3v) is 3.80. The first kappa shape index (κ1) is 19.9. The molecule has 0 spiro atoms. The number of hydrogen-bond donors (Lipinski definition) is 2. The first-order chi connectivity index (χ1) is 12.6. The lowest BCUT2D eigenvalue weighted by atomic mass is 10.0. The van der Waals surface area contributed by atoms with Crippen molar-refractivity contribution in [1.29, 1.82) is 0 Å². The number of nitrogens with one attached hydrogen (secondary N) is 1. The summed E-state index contributed by atoms with van der Waals surface area (Å²) in [5.74, 6) is -0.449. The van der Waals surface area contributed by atoms with Crippen LogP contribution in [0.4, 0.5) is 16.2 Å². The number of carbonyl (C=O) groups is 2. The number of amides is 2. The molecule has 0 radical (unpaired) electrons. The number of hydrogen-bond acceptors (Lipinski definition) is 4. The molecule has 0 unspecified atom stereocenters. The quantitative estimate of drug-likeness (QED) is 0.613. The summed E-state index contributed by atoms with van der Waals surface area (Å²) in [6.07, 6.45) is -1.07. The number of anilines is 1. The summed E-state index contributed by atoms with van der Waals surface area (Å²) < 4.78 is 0. The van der Waals surface area contributed by atoms with Crippen LogP contribution in [0.25, 0.3) is 0 Å². The molecular weight excluding hydrogens is 350 g/mol. The zero-order valence-corrected chi connectivity index (χ0v) is 15.3. The van der Waals surface area contributed by atoms with Crippen molar-refractivity contribution < 1.29 is 19.6 Å². The van der Waals surface area contributed by atoms with Crippen molar-refractivity contribution in [2.24, 2.45) is 0 Å². The van der Waals surface area contributed by atoms with Gasteiger partial charge in [0.2, 0.25) is 0 Å². The summed E-state index contributed by atoms with van der Waals surface area (Å²) in [4.78, 5) is 35.3. The van der Waals surface area contributed by atoms with Crippen LogP contribution < -0.4 is 10.2 Å². The van der Waals surface area contributed by atoms with Gasteiger partial charge in [-0.2, -0.15) is 0 Å². The van der Waals surface area contributed by atoms with Crippen molar-refractivity contribution in [2.45, 2.75) is 32.9 Å². The van der Waals surface area contributed by atoms with Crippen molar-refractivity contribution >= 4 is 23.4 Å². The van der Waals surface area contributed by atoms with E-state index in [4.69, 9.17) is 0 Å². The van der Waals surface area contributed by atoms with Crippen LogP contribution in [0.15, 0.2) is 48.5 Å². The van der Waals surface area contributed by atoms with E-state index in [1.54, 1.807) is 45.0 Å². The van der Waals surface area contributed by atoms with Crippen molar-refractivity contribution in [3.63, 3.8) is 0 Å². The summed E-state index contributed by atoms with van der Waals surface area (Å²) in [5.41, 5.74) is 0.601. The molecule has 0 atom stereocenters. The van der Waals surface area contributed by atoms with Crippen molar-refractivity contribution in [2.75, 3.05) is 4.90 Å². The molecule has 0 saturated carbocycles. The van der Waals surface area contributed by atoms with E-state index in [-0.39, 0.29) is 17.8 Å². The minimum absolute atomic E-state index is 0.160. The number of non-ortho nitro benzene ring substituents is 1. The summed E-state index contributed by atoms with van der Waals surface area (Å²) in [7, 11) is 0. The Bertz CT molecular complexity index is 874. The molecule has 2 aromatic rings. The highest BCUT2D eigenvalue weighted by molar-refractivity contribution is 5.94. The number of nitrogens with zero attached hydrogens (tertiary/aromatic N) is 2. The minimum Gasteiger partial charge on any atom is -0.465 e. The smallest absolute Gasteiger partial charge is 0.412 e. The monoisotopic (exact) mass is 371 g/mol. The Hall–Kier alpha value is -3.42. The third-order valence-electron chi connectivity index (χ3n) is 3.80. The van der Waals surface area contributed by atoms with Crippen LogP contribution in [0.1, 0.15) is 36.7 Å². The molecule has 0 aliphatic rings. The Kier molecular flexibility index (Phi) is 5.79. The minimum atomic E-state index is -1.07. The van der Waals surface area contributed by atoms with Crippen LogP contribution in [0.3, 0.4) is 0 Å². The van der Waals surface area contributed by atoms with E-state index in [1.165, 1.54) is 29.2 Å². The zero-order chi connectivity index (χ0) is 20.2. The van der Waals surface area contributed by atoms with Crippen LogP contribution in [-0.4, -0.2) is 27.6 Å². The number of carboxylic acid groups (broad SMARTS) is 1. The van der Waals surface area contributed by atoms with Crippen LogP contribution in [0.5, 0.6) is 0 Å². The maximum absolute atomic E-state index is 12.2. The average molecular weight is 371 g/mol. The highest BCUT2D eigenvalue weighted by Crippen LogP contribution is 2.25. The highest BCUT2D eigenvalue weighted by Gasteiger charge is 2.27. The SMILES string of the molecule is CC(C)(C)N(C(=O)O)c1cccc(CNC(=O)c2cccc([N+](=O)[O-])c2)c1. The van der Waals surface area contributed by atoms with E-state index in [0.29, 0.717) is 11.3 Å². The number of nitro groups is 1. The molecule has 142 valence electrons. The normalized spacial score (nSPS) is 10.9. The summed E-state index contributed by atoms with van der Waals surface area (Å²) in [6.45, 7) is 5.53. The van der Waals surface area contributed by atoms with Gasteiger partial charge in [0.25, 0.3) is 11.6 Å². The van der Waals surface area contributed by atoms with E-state index < -0.39 is 22.5 Å². The van der Waals surface area contributed by atoms with Gasteiger partial charge in [0, 0.05) is 35.5 Å². The number of carbonyl (C=O) groups excluding carboxylic acids is 1. The first-order valence-electron chi connectivity index (χ1n) is 8.24. The molecule has 27 heavy (non-hydrogen) atoms. The first-order valence-corrected chi connectivity index (χ1v) is 8.24. The molecule has 0 saturated heterocycles. The molecule has 0 aliphatic carbocycles. The van der Waals surface area contributed by atoms with Gasteiger partial charge in [-0.05, 0) is 44.5 Å². The Labute approximate surface area is 156 Å². The molecule has 2 N–H and O–H groups in total. The molecule has 0 heterocycles. The van der Waals surface area contributed by atoms with E-state index in [2.05, 4.69) is 5.32 Å². The summed E-state index contributed by atoms with van der Waals surface area (Å²) in [6, 6.07) is 12.3. The Morgan fingerprint density at radius 2 is 1.81 bits per heavy atom. The van der Waals surface area contributed by atoms with Crippen LogP contribution in [0, 0.1) is 10.1 Å². The second kappa shape index (κ2) is 7.86.